The van der Waals surface area contributed by atoms with E-state index in [4.69, 9.17) is 25.8 Å². The molecule has 0 radical (unpaired) electrons. The lowest BCUT2D eigenvalue weighted by Gasteiger charge is -2.39. The van der Waals surface area contributed by atoms with Crippen molar-refractivity contribution in [2.45, 2.75) is 38.4 Å². The highest BCUT2D eigenvalue weighted by Gasteiger charge is 2.47. The number of carbonyl (C=O) groups is 2. The van der Waals surface area contributed by atoms with Crippen LogP contribution in [0, 0.1) is 6.92 Å². The van der Waals surface area contributed by atoms with Crippen LogP contribution in [-0.2, 0) is 19.0 Å². The van der Waals surface area contributed by atoms with E-state index in [1.807, 2.05) is 49.4 Å². The van der Waals surface area contributed by atoms with Gasteiger partial charge in [0.05, 0.1) is 12.5 Å². The maximum absolute atomic E-state index is 13.3. The summed E-state index contributed by atoms with van der Waals surface area (Å²) in [4.78, 5) is 25.4. The lowest BCUT2D eigenvalue weighted by molar-refractivity contribution is -0.163. The van der Waals surface area contributed by atoms with Crippen LogP contribution in [0.3, 0.4) is 0 Å². The maximum Gasteiger partial charge on any atom is 0.508 e. The quantitative estimate of drug-likeness (QED) is 0.465. The molecule has 0 saturated carbocycles. The fraction of sp³-hybridized carbons (Fsp3) is 0.333. The lowest BCUT2D eigenvalue weighted by Crippen LogP contribution is -2.51. The standard InChI is InChI=1S/C24H25ClO5/c1-5-12-28-23(27)30-20-14-29-24(3,4)22(26)21(20)19-13-17(7-6-15(19)2)16-8-10-18(25)11-9-16/h5-11,13,20-21H,1,12,14H2,2-4H3. The van der Waals surface area contributed by atoms with Gasteiger partial charge in [0, 0.05) is 5.02 Å². The molecule has 158 valence electrons. The van der Waals surface area contributed by atoms with Gasteiger partial charge in [-0.15, -0.1) is 0 Å². The molecule has 1 saturated heterocycles. The van der Waals surface area contributed by atoms with Crippen molar-refractivity contribution in [3.05, 3.63) is 71.3 Å². The average molecular weight is 429 g/mol. The summed E-state index contributed by atoms with van der Waals surface area (Å²) in [6.07, 6.45) is -0.195. The monoisotopic (exact) mass is 428 g/mol. The smallest absolute Gasteiger partial charge is 0.430 e. The number of rotatable bonds is 5. The number of hydrogen-bond acceptors (Lipinski definition) is 5. The van der Waals surface area contributed by atoms with E-state index >= 15 is 0 Å². The Kier molecular flexibility index (Phi) is 6.64. The number of ketones is 1. The molecule has 1 aliphatic heterocycles. The molecule has 0 aromatic heterocycles. The third-order valence-corrected chi connectivity index (χ3v) is 5.47. The summed E-state index contributed by atoms with van der Waals surface area (Å²) in [6, 6.07) is 13.4. The summed E-state index contributed by atoms with van der Waals surface area (Å²) in [6.45, 7) is 9.03. The summed E-state index contributed by atoms with van der Waals surface area (Å²) in [5.41, 5.74) is 2.65. The average Bonchev–Trinajstić information content (AvgIpc) is 2.71. The topological polar surface area (TPSA) is 61.8 Å². The van der Waals surface area contributed by atoms with Gasteiger partial charge in [0.15, 0.2) is 5.78 Å². The molecule has 3 rings (SSSR count). The van der Waals surface area contributed by atoms with Crippen LogP contribution in [0.4, 0.5) is 4.79 Å². The van der Waals surface area contributed by atoms with Crippen molar-refractivity contribution >= 4 is 23.5 Å². The summed E-state index contributed by atoms with van der Waals surface area (Å²) in [5.74, 6) is -0.816. The third kappa shape index (κ3) is 4.74. The minimum atomic E-state index is -0.988. The minimum absolute atomic E-state index is 0.0294. The molecule has 5 nitrogen and oxygen atoms in total. The number of ether oxygens (including phenoxy) is 3. The largest absolute Gasteiger partial charge is 0.508 e. The Bertz CT molecular complexity index is 949. The van der Waals surface area contributed by atoms with Gasteiger partial charge in [0.1, 0.15) is 18.3 Å². The third-order valence-electron chi connectivity index (χ3n) is 5.21. The normalized spacial score (nSPS) is 20.5. The first kappa shape index (κ1) is 22.1. The second-order valence-electron chi connectivity index (χ2n) is 7.75. The second kappa shape index (κ2) is 9.02. The van der Waals surface area contributed by atoms with Crippen molar-refractivity contribution in [1.82, 2.24) is 0 Å². The van der Waals surface area contributed by atoms with E-state index in [0.29, 0.717) is 5.02 Å². The second-order valence-corrected chi connectivity index (χ2v) is 8.18. The number of carbonyl (C=O) groups excluding carboxylic acids is 2. The van der Waals surface area contributed by atoms with Crippen LogP contribution < -0.4 is 0 Å². The van der Waals surface area contributed by atoms with Crippen LogP contribution >= 0.6 is 11.6 Å². The molecule has 1 heterocycles. The molecule has 0 bridgehead atoms. The van der Waals surface area contributed by atoms with E-state index in [0.717, 1.165) is 22.3 Å². The van der Waals surface area contributed by atoms with Crippen molar-refractivity contribution < 1.29 is 23.8 Å². The van der Waals surface area contributed by atoms with E-state index in [2.05, 4.69) is 6.58 Å². The molecule has 2 aromatic carbocycles. The summed E-state index contributed by atoms with van der Waals surface area (Å²) < 4.78 is 16.1. The lowest BCUT2D eigenvalue weighted by atomic mass is 9.78. The maximum atomic E-state index is 13.3. The van der Waals surface area contributed by atoms with Crippen LogP contribution in [0.15, 0.2) is 55.1 Å². The van der Waals surface area contributed by atoms with Gasteiger partial charge in [-0.25, -0.2) is 4.79 Å². The van der Waals surface area contributed by atoms with Crippen molar-refractivity contribution in [3.63, 3.8) is 0 Å². The van der Waals surface area contributed by atoms with Crippen molar-refractivity contribution in [3.8, 4) is 11.1 Å². The SMILES string of the molecule is C=CCOC(=O)OC1COC(C)(C)C(=O)C1c1cc(-c2ccc(Cl)cc2)ccc1C. The molecule has 0 aliphatic carbocycles. The van der Waals surface area contributed by atoms with E-state index in [1.54, 1.807) is 13.8 Å². The molecule has 2 atom stereocenters. The van der Waals surface area contributed by atoms with Gasteiger partial charge in [0.25, 0.3) is 0 Å². The number of halogens is 1. The van der Waals surface area contributed by atoms with Gasteiger partial charge in [-0.1, -0.05) is 54.6 Å². The molecule has 2 unspecified atom stereocenters. The van der Waals surface area contributed by atoms with Crippen LogP contribution in [0.1, 0.15) is 30.9 Å². The van der Waals surface area contributed by atoms with Gasteiger partial charge in [-0.3, -0.25) is 4.79 Å². The summed E-state index contributed by atoms with van der Waals surface area (Å²) in [7, 11) is 0. The minimum Gasteiger partial charge on any atom is -0.430 e. The molecular weight excluding hydrogens is 404 g/mol. The number of aryl methyl sites for hydroxylation is 1. The molecule has 0 spiro atoms. The summed E-state index contributed by atoms with van der Waals surface area (Å²) in [5, 5.41) is 0.652. The van der Waals surface area contributed by atoms with E-state index < -0.39 is 23.8 Å². The molecule has 0 N–H and O–H groups in total. The fourth-order valence-electron chi connectivity index (χ4n) is 3.53. The predicted molar refractivity (Wildman–Crippen MR) is 116 cm³/mol. The molecule has 6 heteroatoms. The number of Topliss-reactive ketones (excluding diaryl/α,β-unsaturated/α-hetero) is 1. The first-order chi connectivity index (χ1) is 14.2. The molecule has 2 aromatic rings. The van der Waals surface area contributed by atoms with E-state index in [1.165, 1.54) is 6.08 Å². The number of benzene rings is 2. The van der Waals surface area contributed by atoms with Crippen LogP contribution in [-0.4, -0.2) is 36.9 Å². The molecule has 30 heavy (non-hydrogen) atoms. The Morgan fingerprint density at radius 2 is 1.90 bits per heavy atom. The molecular formula is C24H25ClO5. The van der Waals surface area contributed by atoms with Gasteiger partial charge < -0.3 is 14.2 Å². The zero-order valence-electron chi connectivity index (χ0n) is 17.3. The number of hydrogen-bond donors (Lipinski definition) is 0. The molecule has 0 amide bonds. The van der Waals surface area contributed by atoms with Crippen molar-refractivity contribution in [2.75, 3.05) is 13.2 Å². The predicted octanol–water partition coefficient (Wildman–Crippen LogP) is 5.48. The van der Waals surface area contributed by atoms with Gasteiger partial charge >= 0.3 is 6.16 Å². The van der Waals surface area contributed by atoms with Crippen LogP contribution in [0.5, 0.6) is 0 Å². The Morgan fingerprint density at radius 3 is 2.57 bits per heavy atom. The van der Waals surface area contributed by atoms with E-state index in [-0.39, 0.29) is 19.0 Å². The van der Waals surface area contributed by atoms with Crippen LogP contribution in [0.2, 0.25) is 5.02 Å². The Labute approximate surface area is 181 Å². The highest BCUT2D eigenvalue weighted by atomic mass is 35.5. The molecule has 1 aliphatic rings. The molecule has 1 fully saturated rings. The Balaban J connectivity index is 1.99. The first-order valence-electron chi connectivity index (χ1n) is 9.72. The zero-order valence-corrected chi connectivity index (χ0v) is 18.1. The van der Waals surface area contributed by atoms with Gasteiger partial charge in [-0.2, -0.15) is 0 Å². The first-order valence-corrected chi connectivity index (χ1v) is 10.1. The Hall–Kier alpha value is -2.63. The van der Waals surface area contributed by atoms with E-state index in [9.17, 15) is 9.59 Å². The van der Waals surface area contributed by atoms with Gasteiger partial charge in [-0.05, 0) is 55.2 Å². The van der Waals surface area contributed by atoms with Crippen LogP contribution in [0.25, 0.3) is 11.1 Å². The highest BCUT2D eigenvalue weighted by molar-refractivity contribution is 6.30. The Morgan fingerprint density at radius 1 is 1.23 bits per heavy atom. The van der Waals surface area contributed by atoms with Gasteiger partial charge in [0.2, 0.25) is 0 Å². The fourth-order valence-corrected chi connectivity index (χ4v) is 3.65. The highest BCUT2D eigenvalue weighted by Crippen LogP contribution is 2.37. The summed E-state index contributed by atoms with van der Waals surface area (Å²) >= 11 is 6.01. The van der Waals surface area contributed by atoms with Crippen molar-refractivity contribution in [1.29, 1.82) is 0 Å². The van der Waals surface area contributed by atoms with Crippen molar-refractivity contribution in [2.24, 2.45) is 0 Å². The zero-order chi connectivity index (χ0) is 21.9.